The topological polar surface area (TPSA) is 120 Å². The van der Waals surface area contributed by atoms with E-state index >= 15 is 4.39 Å². The van der Waals surface area contributed by atoms with Crippen LogP contribution in [0.4, 0.5) is 20.5 Å². The van der Waals surface area contributed by atoms with Crippen LogP contribution in [0.1, 0.15) is 18.0 Å². The number of ether oxygens (including phenoxy) is 2. The monoisotopic (exact) mass is 472 g/mol. The summed E-state index contributed by atoms with van der Waals surface area (Å²) in [5.41, 5.74) is 12.8. The Kier molecular flexibility index (Phi) is 6.64. The Morgan fingerprint density at radius 1 is 1.12 bits per heavy atom. The molecular formula is C23H26F2N6O3. The van der Waals surface area contributed by atoms with Crippen LogP contribution in [0.2, 0.25) is 0 Å². The minimum Gasteiger partial charge on any atom is -0.493 e. The normalized spacial score (nSPS) is 14.9. The van der Waals surface area contributed by atoms with Crippen LogP contribution in [0.3, 0.4) is 0 Å². The third-order valence-corrected chi connectivity index (χ3v) is 5.88. The number of anilines is 2. The predicted octanol–water partition coefficient (Wildman–Crippen LogP) is 2.25. The Balaban J connectivity index is 1.47. The van der Waals surface area contributed by atoms with Gasteiger partial charge in [0, 0.05) is 44.0 Å². The summed E-state index contributed by atoms with van der Waals surface area (Å²) >= 11 is 0. The molecule has 34 heavy (non-hydrogen) atoms. The van der Waals surface area contributed by atoms with Crippen molar-refractivity contribution in [1.29, 1.82) is 0 Å². The third-order valence-electron chi connectivity index (χ3n) is 5.88. The van der Waals surface area contributed by atoms with Crippen molar-refractivity contribution in [2.24, 2.45) is 5.73 Å². The molecule has 0 bridgehead atoms. The van der Waals surface area contributed by atoms with Crippen LogP contribution in [0.15, 0.2) is 30.3 Å². The molecular weight excluding hydrogens is 446 g/mol. The standard InChI is InChI=1S/C23H26F2N6O3/c1-33-17-11-15-20(19(25)21(17)34-2)28-23(29-22(15)27)31-8-6-30(7-9-31)18(32)12-16(26)13-4-3-5-14(24)10-13/h3-5,10-11,16H,6-9,12,26H2,1-2H3,(H2,27,28,29)/t16-/m1/s1. The number of nitrogens with two attached hydrogens (primary N) is 2. The third kappa shape index (κ3) is 4.51. The summed E-state index contributed by atoms with van der Waals surface area (Å²) in [7, 11) is 2.75. The number of benzene rings is 2. The molecule has 0 spiro atoms. The Hall–Kier alpha value is -3.73. The molecule has 4 rings (SSSR count). The van der Waals surface area contributed by atoms with E-state index in [0.29, 0.717) is 37.1 Å². The Bertz CT molecular complexity index is 1220. The zero-order chi connectivity index (χ0) is 24.4. The van der Waals surface area contributed by atoms with E-state index in [0.717, 1.165) is 0 Å². The zero-order valence-electron chi connectivity index (χ0n) is 18.9. The van der Waals surface area contributed by atoms with Crippen molar-refractivity contribution in [3.8, 4) is 11.5 Å². The lowest BCUT2D eigenvalue weighted by Crippen LogP contribution is -2.49. The lowest BCUT2D eigenvalue weighted by atomic mass is 10.0. The second kappa shape index (κ2) is 9.64. The van der Waals surface area contributed by atoms with Crippen LogP contribution in [0.5, 0.6) is 11.5 Å². The Morgan fingerprint density at radius 2 is 1.85 bits per heavy atom. The minimum atomic E-state index is -0.688. The number of carbonyl (C=O) groups is 1. The number of rotatable bonds is 6. The fourth-order valence-electron chi connectivity index (χ4n) is 4.01. The van der Waals surface area contributed by atoms with Crippen LogP contribution in [0, 0.1) is 11.6 Å². The smallest absolute Gasteiger partial charge is 0.228 e. The van der Waals surface area contributed by atoms with Gasteiger partial charge in [0.25, 0.3) is 0 Å². The lowest BCUT2D eigenvalue weighted by Gasteiger charge is -2.35. The van der Waals surface area contributed by atoms with Crippen molar-refractivity contribution in [1.82, 2.24) is 14.9 Å². The molecule has 1 atom stereocenters. The molecule has 1 fully saturated rings. The summed E-state index contributed by atoms with van der Waals surface area (Å²) in [6, 6.07) is 6.87. The summed E-state index contributed by atoms with van der Waals surface area (Å²) < 4.78 is 38.8. The van der Waals surface area contributed by atoms with Crippen molar-refractivity contribution in [2.45, 2.75) is 12.5 Å². The molecule has 4 N–H and O–H groups in total. The van der Waals surface area contributed by atoms with Gasteiger partial charge in [0.2, 0.25) is 11.9 Å². The average Bonchev–Trinajstić information content (AvgIpc) is 2.84. The molecule has 9 nitrogen and oxygen atoms in total. The number of nitrogen functional groups attached to an aromatic ring is 1. The number of aromatic nitrogens is 2. The fourth-order valence-corrected chi connectivity index (χ4v) is 4.01. The highest BCUT2D eigenvalue weighted by atomic mass is 19.1. The molecule has 0 saturated carbocycles. The first-order valence-corrected chi connectivity index (χ1v) is 10.7. The van der Waals surface area contributed by atoms with Crippen LogP contribution in [-0.4, -0.2) is 61.2 Å². The number of piperazine rings is 1. The molecule has 11 heteroatoms. The van der Waals surface area contributed by atoms with Gasteiger partial charge in [-0.05, 0) is 23.8 Å². The maximum atomic E-state index is 15.0. The number of hydrogen-bond donors (Lipinski definition) is 2. The van der Waals surface area contributed by atoms with E-state index in [1.165, 1.54) is 32.4 Å². The van der Waals surface area contributed by atoms with Gasteiger partial charge in [0.1, 0.15) is 17.2 Å². The predicted molar refractivity (Wildman–Crippen MR) is 124 cm³/mol. The second-order valence-corrected chi connectivity index (χ2v) is 7.96. The van der Waals surface area contributed by atoms with Crippen molar-refractivity contribution >= 4 is 28.6 Å². The summed E-state index contributed by atoms with van der Waals surface area (Å²) in [6.07, 6.45) is 0.0652. The number of amides is 1. The Morgan fingerprint density at radius 3 is 2.50 bits per heavy atom. The highest BCUT2D eigenvalue weighted by Gasteiger charge is 2.26. The van der Waals surface area contributed by atoms with E-state index in [4.69, 9.17) is 20.9 Å². The molecule has 1 amide bonds. The number of fused-ring (bicyclic) bond motifs is 1. The molecule has 3 aromatic rings. The van der Waals surface area contributed by atoms with E-state index in [1.807, 2.05) is 4.90 Å². The van der Waals surface area contributed by atoms with E-state index in [-0.39, 0.29) is 41.1 Å². The van der Waals surface area contributed by atoms with E-state index in [9.17, 15) is 9.18 Å². The maximum Gasteiger partial charge on any atom is 0.228 e. The largest absolute Gasteiger partial charge is 0.493 e. The van der Waals surface area contributed by atoms with Gasteiger partial charge in [-0.2, -0.15) is 4.98 Å². The Labute approximate surface area is 195 Å². The van der Waals surface area contributed by atoms with Gasteiger partial charge in [-0.3, -0.25) is 4.79 Å². The van der Waals surface area contributed by atoms with Crippen molar-refractivity contribution in [2.75, 3.05) is 51.0 Å². The SMILES string of the molecule is COc1cc2c(N)nc(N3CCN(C(=O)C[C@@H](N)c4cccc(F)c4)CC3)nc2c(F)c1OC. The van der Waals surface area contributed by atoms with E-state index in [2.05, 4.69) is 9.97 Å². The molecule has 2 aromatic carbocycles. The van der Waals surface area contributed by atoms with E-state index < -0.39 is 17.7 Å². The number of hydrogen-bond acceptors (Lipinski definition) is 8. The van der Waals surface area contributed by atoms with Crippen LogP contribution < -0.4 is 25.8 Å². The van der Waals surface area contributed by atoms with Crippen molar-refractivity contribution in [3.63, 3.8) is 0 Å². The summed E-state index contributed by atoms with van der Waals surface area (Å²) in [6.45, 7) is 1.68. The number of halogens is 2. The van der Waals surface area contributed by atoms with Gasteiger partial charge >= 0.3 is 0 Å². The number of carbonyl (C=O) groups excluding carboxylic acids is 1. The van der Waals surface area contributed by atoms with Gasteiger partial charge in [0.05, 0.1) is 14.2 Å². The molecule has 2 heterocycles. The van der Waals surface area contributed by atoms with Gasteiger partial charge in [-0.15, -0.1) is 0 Å². The number of methoxy groups -OCH3 is 2. The zero-order valence-corrected chi connectivity index (χ0v) is 18.9. The first kappa shape index (κ1) is 23.4. The highest BCUT2D eigenvalue weighted by molar-refractivity contribution is 5.92. The molecule has 1 aromatic heterocycles. The summed E-state index contributed by atoms with van der Waals surface area (Å²) in [4.78, 5) is 25.0. The average molecular weight is 472 g/mol. The summed E-state index contributed by atoms with van der Waals surface area (Å²) in [5, 5.41) is 0.319. The second-order valence-electron chi connectivity index (χ2n) is 7.96. The molecule has 1 aliphatic rings. The molecule has 0 unspecified atom stereocenters. The minimum absolute atomic E-state index is 0.0275. The van der Waals surface area contributed by atoms with Gasteiger partial charge in [-0.1, -0.05) is 12.1 Å². The quantitative estimate of drug-likeness (QED) is 0.561. The van der Waals surface area contributed by atoms with Crippen molar-refractivity contribution in [3.05, 3.63) is 47.5 Å². The first-order valence-electron chi connectivity index (χ1n) is 10.7. The maximum absolute atomic E-state index is 15.0. The van der Waals surface area contributed by atoms with Gasteiger partial charge in [0.15, 0.2) is 17.3 Å². The molecule has 180 valence electrons. The van der Waals surface area contributed by atoms with Crippen LogP contribution >= 0.6 is 0 Å². The summed E-state index contributed by atoms with van der Waals surface area (Å²) in [5.74, 6) is -0.705. The molecule has 0 radical (unpaired) electrons. The van der Waals surface area contributed by atoms with Gasteiger partial charge < -0.3 is 30.7 Å². The lowest BCUT2D eigenvalue weighted by molar-refractivity contribution is -0.131. The first-order chi connectivity index (χ1) is 16.3. The fraction of sp³-hybridized carbons (Fsp3) is 0.348. The molecule has 0 aliphatic carbocycles. The molecule has 1 aliphatic heterocycles. The van der Waals surface area contributed by atoms with Gasteiger partial charge in [-0.25, -0.2) is 13.8 Å². The molecule has 1 saturated heterocycles. The van der Waals surface area contributed by atoms with Crippen LogP contribution in [0.25, 0.3) is 10.9 Å². The number of nitrogens with zero attached hydrogens (tertiary/aromatic N) is 4. The van der Waals surface area contributed by atoms with Crippen LogP contribution in [-0.2, 0) is 4.79 Å². The van der Waals surface area contributed by atoms with Crippen molar-refractivity contribution < 1.29 is 23.0 Å². The highest BCUT2D eigenvalue weighted by Crippen LogP contribution is 2.37. The van der Waals surface area contributed by atoms with E-state index in [1.54, 1.807) is 17.0 Å².